The van der Waals surface area contributed by atoms with Crippen LogP contribution in [0.3, 0.4) is 0 Å². The third-order valence-corrected chi connectivity index (χ3v) is 11.5. The van der Waals surface area contributed by atoms with E-state index < -0.39 is 0 Å². The average molecular weight is 973 g/mol. The Morgan fingerprint density at radius 3 is 1.92 bits per heavy atom. The van der Waals surface area contributed by atoms with Crippen LogP contribution in [0.25, 0.3) is 49.9 Å². The van der Waals surface area contributed by atoms with E-state index in [9.17, 15) is 0 Å². The number of rotatable bonds is 8. The maximum absolute atomic E-state index is 6.80. The molecule has 0 bridgehead atoms. The second kappa shape index (κ2) is 16.2. The molecule has 6 heteroatoms. The van der Waals surface area contributed by atoms with Gasteiger partial charge in [-0.3, -0.25) is 0 Å². The van der Waals surface area contributed by atoms with Crippen molar-refractivity contribution in [1.29, 1.82) is 0 Å². The summed E-state index contributed by atoms with van der Waals surface area (Å²) in [6, 6.07) is 65.1. The van der Waals surface area contributed by atoms with Gasteiger partial charge in [0, 0.05) is 72.5 Å². The molecule has 10 rings (SSSR count). The Hall–Kier alpha value is -6.42. The van der Waals surface area contributed by atoms with Crippen LogP contribution < -0.4 is 14.5 Å². The average Bonchev–Trinajstić information content (AvgIpc) is 3.82. The fourth-order valence-electron chi connectivity index (χ4n) is 8.35. The summed E-state index contributed by atoms with van der Waals surface area (Å²) in [5.74, 6) is 2.34. The summed E-state index contributed by atoms with van der Waals surface area (Å²) in [5.41, 5.74) is 13.1. The molecule has 0 amide bonds. The monoisotopic (exact) mass is 972 g/mol. The number of anilines is 4. The Balaban J connectivity index is 0.00000476. The van der Waals surface area contributed by atoms with Gasteiger partial charge in [0.05, 0.1) is 0 Å². The molecule has 0 saturated carbocycles. The molecule has 9 aromatic rings. The molecule has 3 heterocycles. The summed E-state index contributed by atoms with van der Waals surface area (Å²) in [6.07, 6.45) is 1.90. The molecular formula is C55H45N4OPt-3. The van der Waals surface area contributed by atoms with E-state index in [1.165, 1.54) is 5.56 Å². The molecule has 0 saturated heterocycles. The minimum Gasteiger partial charge on any atom is -0.509 e. The van der Waals surface area contributed by atoms with Crippen molar-refractivity contribution >= 4 is 44.6 Å². The zero-order valence-electron chi connectivity index (χ0n) is 34.8. The van der Waals surface area contributed by atoms with E-state index in [2.05, 4.69) is 226 Å². The second-order valence-electron chi connectivity index (χ2n) is 16.8. The molecular weight excluding hydrogens is 928 g/mol. The van der Waals surface area contributed by atoms with Crippen molar-refractivity contribution in [1.82, 2.24) is 9.55 Å². The first kappa shape index (κ1) is 40.0. The van der Waals surface area contributed by atoms with Crippen molar-refractivity contribution in [3.8, 4) is 39.6 Å². The number of benzene rings is 7. The molecule has 7 aromatic carbocycles. The Bertz CT molecular complexity index is 2960. The first-order chi connectivity index (χ1) is 29.2. The maximum atomic E-state index is 6.80. The number of ether oxygens (including phenoxy) is 1. The van der Waals surface area contributed by atoms with E-state index in [1.54, 1.807) is 0 Å². The van der Waals surface area contributed by atoms with Gasteiger partial charge >= 0.3 is 0 Å². The summed E-state index contributed by atoms with van der Waals surface area (Å²) < 4.78 is 9.00. The minimum absolute atomic E-state index is 0. The van der Waals surface area contributed by atoms with Gasteiger partial charge in [0.2, 0.25) is 0 Å². The van der Waals surface area contributed by atoms with Crippen LogP contribution in [0.5, 0.6) is 11.5 Å². The number of pyridine rings is 1. The fourth-order valence-corrected chi connectivity index (χ4v) is 8.35. The molecule has 1 aliphatic rings. The predicted octanol–water partition coefficient (Wildman–Crippen LogP) is 14.7. The first-order valence-electron chi connectivity index (χ1n) is 20.6. The van der Waals surface area contributed by atoms with Crippen molar-refractivity contribution in [3.63, 3.8) is 0 Å². The van der Waals surface area contributed by atoms with E-state index in [0.717, 1.165) is 78.2 Å². The van der Waals surface area contributed by atoms with Gasteiger partial charge in [-0.15, -0.1) is 53.6 Å². The van der Waals surface area contributed by atoms with Gasteiger partial charge in [0.1, 0.15) is 5.82 Å². The zero-order chi connectivity index (χ0) is 41.0. The Morgan fingerprint density at radius 1 is 0.607 bits per heavy atom. The van der Waals surface area contributed by atoms with Gasteiger partial charge in [0.15, 0.2) is 0 Å². The van der Waals surface area contributed by atoms with Crippen molar-refractivity contribution in [3.05, 3.63) is 200 Å². The number of para-hydroxylation sites is 4. The first-order valence-corrected chi connectivity index (χ1v) is 20.6. The van der Waals surface area contributed by atoms with E-state index >= 15 is 0 Å². The molecule has 0 fully saturated rings. The molecule has 304 valence electrons. The summed E-state index contributed by atoms with van der Waals surface area (Å²) in [5, 5.41) is 2.24. The number of fused-ring (bicyclic) bond motifs is 4. The topological polar surface area (TPSA) is 33.5 Å². The van der Waals surface area contributed by atoms with Crippen LogP contribution in [0, 0.1) is 18.8 Å². The largest absolute Gasteiger partial charge is 0.509 e. The van der Waals surface area contributed by atoms with E-state index in [0.29, 0.717) is 11.5 Å². The summed E-state index contributed by atoms with van der Waals surface area (Å²) in [4.78, 5) is 9.44. The molecule has 0 unspecified atom stereocenters. The van der Waals surface area contributed by atoms with Crippen molar-refractivity contribution in [2.24, 2.45) is 0 Å². The van der Waals surface area contributed by atoms with Gasteiger partial charge in [-0.1, -0.05) is 149 Å². The van der Waals surface area contributed by atoms with Gasteiger partial charge in [-0.05, 0) is 63.7 Å². The fraction of sp³-hybridized carbons (Fsp3) is 0.127. The van der Waals surface area contributed by atoms with E-state index in [-0.39, 0.29) is 32.4 Å². The van der Waals surface area contributed by atoms with Crippen LogP contribution in [0.15, 0.2) is 170 Å². The summed E-state index contributed by atoms with van der Waals surface area (Å²) in [7, 11) is 0. The molecule has 1 aliphatic heterocycles. The quantitative estimate of drug-likeness (QED) is 0.142. The number of hydrogen-bond donors (Lipinski definition) is 0. The van der Waals surface area contributed by atoms with Crippen molar-refractivity contribution in [2.75, 3.05) is 9.80 Å². The molecule has 0 aliphatic carbocycles. The number of aromatic nitrogens is 2. The number of nitrogens with zero attached hydrogens (tertiary/aromatic N) is 4. The smallest absolute Gasteiger partial charge is 0.135 e. The predicted molar refractivity (Wildman–Crippen MR) is 248 cm³/mol. The van der Waals surface area contributed by atoms with Crippen LogP contribution in [0.2, 0.25) is 0 Å². The molecule has 0 atom stereocenters. The maximum Gasteiger partial charge on any atom is 0.135 e. The molecule has 2 aromatic heterocycles. The Morgan fingerprint density at radius 2 is 1.25 bits per heavy atom. The van der Waals surface area contributed by atoms with Crippen LogP contribution in [0.1, 0.15) is 51.7 Å². The molecule has 0 radical (unpaired) electrons. The third-order valence-electron chi connectivity index (χ3n) is 11.5. The summed E-state index contributed by atoms with van der Waals surface area (Å²) >= 11 is 0. The van der Waals surface area contributed by atoms with Gasteiger partial charge < -0.3 is 19.1 Å². The second-order valence-corrected chi connectivity index (χ2v) is 16.8. The van der Waals surface area contributed by atoms with Crippen molar-refractivity contribution < 1.29 is 25.8 Å². The molecule has 0 N–H and O–H groups in total. The Kier molecular flexibility index (Phi) is 10.6. The Labute approximate surface area is 373 Å². The zero-order valence-corrected chi connectivity index (χ0v) is 37.1. The van der Waals surface area contributed by atoms with E-state index in [4.69, 9.17) is 9.72 Å². The van der Waals surface area contributed by atoms with Crippen LogP contribution >= 0.6 is 0 Å². The van der Waals surface area contributed by atoms with Gasteiger partial charge in [-0.25, -0.2) is 4.98 Å². The standard InChI is InChI=1S/C55H45N4O.Pt/c1-37(2)40-31-42(34-44(32-40)60-43-27-28-48-47-21-12-13-24-49(47)59(52(48)35-43)53-33-41(29-30-56-53)55(3,4)5)57-36-58(51-26-15-14-25-50(51)57)54-45(38-17-8-6-9-18-38)22-16-23-46(54)39-19-10-7-11-20-39;/h6-33,36-37H,1-5H3;/q-3;. The van der Waals surface area contributed by atoms with Gasteiger partial charge in [-0.2, -0.15) is 6.07 Å². The molecule has 5 nitrogen and oxygen atoms in total. The molecule has 0 spiro atoms. The van der Waals surface area contributed by atoms with E-state index in [1.807, 2.05) is 12.3 Å². The molecule has 61 heavy (non-hydrogen) atoms. The van der Waals surface area contributed by atoms with Crippen LogP contribution in [-0.4, -0.2) is 9.55 Å². The normalized spacial score (nSPS) is 12.6. The van der Waals surface area contributed by atoms with Gasteiger partial charge in [0.25, 0.3) is 0 Å². The minimum atomic E-state index is -0.0246. The summed E-state index contributed by atoms with van der Waals surface area (Å²) in [6.45, 7) is 13.3. The SMILES string of the molecule is CC(C)c1cc(Oc2[c-]c3c(cc2)c2ccccc2n3-c2cc(C(C)(C)C)ccn2)[c-]c(N2[CH-]N(c3c(-c4ccccc4)cccc3-c3ccccc3)c3ccccc32)c1.[Pt]. The van der Waals surface area contributed by atoms with Crippen LogP contribution in [-0.2, 0) is 26.5 Å². The van der Waals surface area contributed by atoms with Crippen molar-refractivity contribution in [2.45, 2.75) is 46.0 Å². The number of hydrogen-bond acceptors (Lipinski definition) is 4. The third kappa shape index (κ3) is 7.42. The van der Waals surface area contributed by atoms with Crippen LogP contribution in [0.4, 0.5) is 22.7 Å².